The van der Waals surface area contributed by atoms with E-state index in [1.54, 1.807) is 0 Å². The zero-order valence-corrected chi connectivity index (χ0v) is 11.7. The van der Waals surface area contributed by atoms with Crippen LogP contribution in [-0.4, -0.2) is 34.8 Å². The third-order valence-corrected chi connectivity index (χ3v) is 3.13. The fraction of sp³-hybridized carbons (Fsp3) is 0.273. The minimum atomic E-state index is -0.233. The first-order valence-electron chi connectivity index (χ1n) is 5.17. The van der Waals surface area contributed by atoms with Gasteiger partial charge in [-0.2, -0.15) is 5.10 Å². The number of amides is 1. The summed E-state index contributed by atoms with van der Waals surface area (Å²) in [5.41, 5.74) is 1.24. The molecule has 2 aromatic rings. The molecule has 17 heavy (non-hydrogen) atoms. The molecule has 0 saturated heterocycles. The van der Waals surface area contributed by atoms with Gasteiger partial charge in [0.1, 0.15) is 0 Å². The molecule has 0 saturated carbocycles. The normalized spacial score (nSPS) is 10.8. The molecule has 1 N–H and O–H groups in total. The van der Waals surface area contributed by atoms with E-state index >= 15 is 0 Å². The van der Waals surface area contributed by atoms with Crippen LogP contribution in [0.4, 0.5) is 0 Å². The first kappa shape index (κ1) is 12.3. The van der Waals surface area contributed by atoms with Crippen molar-refractivity contribution in [2.45, 2.75) is 6.92 Å². The summed E-state index contributed by atoms with van der Waals surface area (Å²) in [7, 11) is 1.47. The van der Waals surface area contributed by atoms with Crippen LogP contribution in [0.15, 0.2) is 18.2 Å². The third kappa shape index (κ3) is 2.27. The molecule has 0 spiro atoms. The fourth-order valence-electron chi connectivity index (χ4n) is 1.62. The van der Waals surface area contributed by atoms with Crippen molar-refractivity contribution in [3.8, 4) is 0 Å². The van der Waals surface area contributed by atoms with Gasteiger partial charge in [-0.25, -0.2) is 5.06 Å². The monoisotopic (exact) mass is 345 g/mol. The SMILES string of the molecule is CCN(OC)C(=O)c1n[nH]c2ccc(I)cc12. The summed E-state index contributed by atoms with van der Waals surface area (Å²) in [6.07, 6.45) is 0. The number of aromatic amines is 1. The maximum Gasteiger partial charge on any atom is 0.298 e. The minimum absolute atomic E-state index is 0.233. The molecule has 1 aromatic carbocycles. The van der Waals surface area contributed by atoms with E-state index in [0.29, 0.717) is 12.2 Å². The zero-order valence-electron chi connectivity index (χ0n) is 9.53. The Balaban J connectivity index is 2.48. The van der Waals surface area contributed by atoms with E-state index in [-0.39, 0.29) is 5.91 Å². The highest BCUT2D eigenvalue weighted by Gasteiger charge is 2.19. The van der Waals surface area contributed by atoms with E-state index in [2.05, 4.69) is 32.8 Å². The Labute approximate surface area is 112 Å². The molecular formula is C11H12IN3O2. The Hall–Kier alpha value is -1.15. The molecule has 0 atom stereocenters. The van der Waals surface area contributed by atoms with Crippen molar-refractivity contribution in [2.75, 3.05) is 13.7 Å². The number of hydrogen-bond acceptors (Lipinski definition) is 3. The van der Waals surface area contributed by atoms with E-state index < -0.39 is 0 Å². The maximum absolute atomic E-state index is 12.1. The molecule has 1 heterocycles. The smallest absolute Gasteiger partial charge is 0.277 e. The van der Waals surface area contributed by atoms with Crippen LogP contribution >= 0.6 is 22.6 Å². The first-order chi connectivity index (χ1) is 8.17. The second-order valence-corrected chi connectivity index (χ2v) is 4.69. The number of carbonyl (C=O) groups excluding carboxylic acids is 1. The van der Waals surface area contributed by atoms with Gasteiger partial charge in [0.25, 0.3) is 5.91 Å². The molecule has 2 rings (SSSR count). The Morgan fingerprint density at radius 1 is 1.59 bits per heavy atom. The minimum Gasteiger partial charge on any atom is -0.277 e. The Kier molecular flexibility index (Phi) is 3.63. The highest BCUT2D eigenvalue weighted by Crippen LogP contribution is 2.20. The second kappa shape index (κ2) is 5.01. The van der Waals surface area contributed by atoms with Crippen molar-refractivity contribution in [2.24, 2.45) is 0 Å². The van der Waals surface area contributed by atoms with Crippen LogP contribution in [0.2, 0.25) is 0 Å². The number of hydroxylamine groups is 2. The van der Waals surface area contributed by atoms with Crippen molar-refractivity contribution in [1.82, 2.24) is 15.3 Å². The highest BCUT2D eigenvalue weighted by atomic mass is 127. The van der Waals surface area contributed by atoms with Crippen LogP contribution in [0.1, 0.15) is 17.4 Å². The van der Waals surface area contributed by atoms with Gasteiger partial charge in [-0.1, -0.05) is 0 Å². The van der Waals surface area contributed by atoms with Crippen molar-refractivity contribution in [3.63, 3.8) is 0 Å². The number of H-pyrrole nitrogens is 1. The van der Waals surface area contributed by atoms with Crippen molar-refractivity contribution in [1.29, 1.82) is 0 Å². The number of halogens is 1. The number of benzene rings is 1. The van der Waals surface area contributed by atoms with Crippen molar-refractivity contribution < 1.29 is 9.63 Å². The van der Waals surface area contributed by atoms with E-state index in [4.69, 9.17) is 4.84 Å². The summed E-state index contributed by atoms with van der Waals surface area (Å²) in [5.74, 6) is -0.233. The molecule has 0 radical (unpaired) electrons. The van der Waals surface area contributed by atoms with E-state index in [1.807, 2.05) is 25.1 Å². The van der Waals surface area contributed by atoms with E-state index in [9.17, 15) is 4.79 Å². The molecule has 1 aromatic heterocycles. The summed E-state index contributed by atoms with van der Waals surface area (Å²) < 4.78 is 1.06. The van der Waals surface area contributed by atoms with Gasteiger partial charge in [-0.3, -0.25) is 14.7 Å². The van der Waals surface area contributed by atoms with Gasteiger partial charge in [0.05, 0.1) is 12.6 Å². The molecule has 1 amide bonds. The molecule has 0 aliphatic carbocycles. The van der Waals surface area contributed by atoms with Crippen LogP contribution in [0, 0.1) is 3.57 Å². The lowest BCUT2D eigenvalue weighted by atomic mass is 10.2. The molecular weight excluding hydrogens is 333 g/mol. The Morgan fingerprint density at radius 2 is 2.35 bits per heavy atom. The largest absolute Gasteiger partial charge is 0.298 e. The van der Waals surface area contributed by atoms with Gasteiger partial charge >= 0.3 is 0 Å². The first-order valence-corrected chi connectivity index (χ1v) is 6.24. The molecule has 5 nitrogen and oxygen atoms in total. The molecule has 6 heteroatoms. The third-order valence-electron chi connectivity index (χ3n) is 2.46. The lowest BCUT2D eigenvalue weighted by Gasteiger charge is -2.15. The standard InChI is InChI=1S/C11H12IN3O2/c1-3-15(17-2)11(16)10-8-6-7(12)4-5-9(8)13-14-10/h4-6H,3H2,1-2H3,(H,13,14). The fourth-order valence-corrected chi connectivity index (χ4v) is 2.11. The lowest BCUT2D eigenvalue weighted by molar-refractivity contribution is -0.0917. The average Bonchev–Trinajstić information content (AvgIpc) is 2.73. The highest BCUT2D eigenvalue weighted by molar-refractivity contribution is 14.1. The van der Waals surface area contributed by atoms with Crippen LogP contribution in [0.25, 0.3) is 10.9 Å². The summed E-state index contributed by atoms with van der Waals surface area (Å²) in [6.45, 7) is 2.33. The van der Waals surface area contributed by atoms with E-state index in [0.717, 1.165) is 14.5 Å². The second-order valence-electron chi connectivity index (χ2n) is 3.44. The predicted molar refractivity (Wildman–Crippen MR) is 72.5 cm³/mol. The molecule has 90 valence electrons. The number of rotatable bonds is 3. The number of fused-ring (bicyclic) bond motifs is 1. The van der Waals surface area contributed by atoms with Gasteiger partial charge in [0, 0.05) is 15.5 Å². The van der Waals surface area contributed by atoms with Crippen molar-refractivity contribution in [3.05, 3.63) is 27.5 Å². The van der Waals surface area contributed by atoms with Crippen LogP contribution in [0.3, 0.4) is 0 Å². The van der Waals surface area contributed by atoms with Crippen LogP contribution in [0.5, 0.6) is 0 Å². The number of nitrogens with zero attached hydrogens (tertiary/aromatic N) is 2. The summed E-state index contributed by atoms with van der Waals surface area (Å²) in [4.78, 5) is 17.1. The lowest BCUT2D eigenvalue weighted by Crippen LogP contribution is -2.30. The number of aromatic nitrogens is 2. The van der Waals surface area contributed by atoms with E-state index in [1.165, 1.54) is 12.2 Å². The molecule has 0 unspecified atom stereocenters. The molecule has 0 aliphatic rings. The molecule has 0 aliphatic heterocycles. The molecule has 0 bridgehead atoms. The van der Waals surface area contributed by atoms with Gasteiger partial charge in [-0.05, 0) is 47.7 Å². The van der Waals surface area contributed by atoms with Crippen molar-refractivity contribution >= 4 is 39.4 Å². The topological polar surface area (TPSA) is 58.2 Å². The summed E-state index contributed by atoms with van der Waals surface area (Å²) in [6, 6.07) is 5.79. The van der Waals surface area contributed by atoms with Gasteiger partial charge in [0.2, 0.25) is 0 Å². The quantitative estimate of drug-likeness (QED) is 0.685. The number of hydrogen-bond donors (Lipinski definition) is 1. The zero-order chi connectivity index (χ0) is 12.4. The van der Waals surface area contributed by atoms with Gasteiger partial charge in [0.15, 0.2) is 5.69 Å². The Morgan fingerprint density at radius 3 is 3.00 bits per heavy atom. The van der Waals surface area contributed by atoms with Gasteiger partial charge < -0.3 is 0 Å². The predicted octanol–water partition coefficient (Wildman–Crippen LogP) is 2.19. The van der Waals surface area contributed by atoms with Crippen LogP contribution in [-0.2, 0) is 4.84 Å². The number of nitrogens with one attached hydrogen (secondary N) is 1. The summed E-state index contributed by atoms with van der Waals surface area (Å²) in [5, 5.41) is 8.99. The summed E-state index contributed by atoms with van der Waals surface area (Å²) >= 11 is 2.20. The average molecular weight is 345 g/mol. The van der Waals surface area contributed by atoms with Gasteiger partial charge in [-0.15, -0.1) is 0 Å². The molecule has 0 fully saturated rings. The Bertz CT molecular complexity index is 549. The number of carbonyl (C=O) groups is 1. The maximum atomic E-state index is 12.1. The van der Waals surface area contributed by atoms with Crippen LogP contribution < -0.4 is 0 Å².